The van der Waals surface area contributed by atoms with Gasteiger partial charge in [-0.3, -0.25) is 4.79 Å². The smallest absolute Gasteiger partial charge is 0.251 e. The summed E-state index contributed by atoms with van der Waals surface area (Å²) in [6, 6.07) is 11.9. The SMILES string of the molecule is CCCNC(=O)c1ccc2oc(-c3ccc4c(c3)nc(C)n4C3CCOCC3)nc2c1. The highest BCUT2D eigenvalue weighted by atomic mass is 16.5. The molecule has 0 atom stereocenters. The van der Waals surface area contributed by atoms with E-state index in [9.17, 15) is 4.79 Å². The first-order valence-corrected chi connectivity index (χ1v) is 10.9. The number of imidazole rings is 1. The molecular weight excluding hydrogens is 392 g/mol. The molecule has 1 aliphatic rings. The normalized spacial score (nSPS) is 15.0. The molecule has 0 aliphatic carbocycles. The van der Waals surface area contributed by atoms with E-state index in [1.54, 1.807) is 18.2 Å². The highest BCUT2D eigenvalue weighted by Crippen LogP contribution is 2.31. The Kier molecular flexibility index (Phi) is 5.19. The number of nitrogens with one attached hydrogen (secondary N) is 1. The van der Waals surface area contributed by atoms with Crippen molar-refractivity contribution >= 4 is 28.0 Å². The van der Waals surface area contributed by atoms with Gasteiger partial charge >= 0.3 is 0 Å². The molecule has 1 fully saturated rings. The fraction of sp³-hybridized carbons (Fsp3) is 0.375. The van der Waals surface area contributed by atoms with Crippen molar-refractivity contribution < 1.29 is 13.9 Å². The Morgan fingerprint density at radius 2 is 1.97 bits per heavy atom. The minimum absolute atomic E-state index is 0.0937. The third kappa shape index (κ3) is 3.70. The van der Waals surface area contributed by atoms with Crippen molar-refractivity contribution in [2.24, 2.45) is 0 Å². The number of ether oxygens (including phenoxy) is 1. The number of oxazole rings is 1. The number of aryl methyl sites for hydroxylation is 1. The van der Waals surface area contributed by atoms with Gasteiger partial charge in [-0.05, 0) is 62.6 Å². The van der Waals surface area contributed by atoms with Gasteiger partial charge in [-0.15, -0.1) is 0 Å². The number of rotatable bonds is 5. The first-order valence-electron chi connectivity index (χ1n) is 10.9. The lowest BCUT2D eigenvalue weighted by Crippen LogP contribution is -2.23. The Morgan fingerprint density at radius 1 is 1.13 bits per heavy atom. The molecule has 2 aromatic heterocycles. The van der Waals surface area contributed by atoms with Gasteiger partial charge in [-0.1, -0.05) is 6.92 Å². The average Bonchev–Trinajstić information content (AvgIpc) is 3.37. The molecule has 2 aromatic carbocycles. The molecule has 0 bridgehead atoms. The fourth-order valence-electron chi connectivity index (χ4n) is 4.29. The third-order valence-corrected chi connectivity index (χ3v) is 5.85. The zero-order chi connectivity index (χ0) is 21.4. The Labute approximate surface area is 180 Å². The minimum Gasteiger partial charge on any atom is -0.436 e. The number of carbonyl (C=O) groups is 1. The first kappa shape index (κ1) is 19.8. The highest BCUT2D eigenvalue weighted by Gasteiger charge is 2.21. The van der Waals surface area contributed by atoms with Crippen LogP contribution in [0, 0.1) is 6.92 Å². The molecule has 160 valence electrons. The van der Waals surface area contributed by atoms with Crippen LogP contribution in [-0.2, 0) is 4.74 Å². The van der Waals surface area contributed by atoms with Crippen molar-refractivity contribution in [2.45, 2.75) is 39.2 Å². The molecule has 0 radical (unpaired) electrons. The number of benzene rings is 2. The van der Waals surface area contributed by atoms with E-state index in [0.29, 0.717) is 35.1 Å². The summed E-state index contributed by atoms with van der Waals surface area (Å²) in [6.45, 7) is 6.32. The molecule has 1 saturated heterocycles. The van der Waals surface area contributed by atoms with Crippen molar-refractivity contribution in [2.75, 3.05) is 19.8 Å². The lowest BCUT2D eigenvalue weighted by atomic mass is 10.1. The van der Waals surface area contributed by atoms with Gasteiger partial charge in [0.15, 0.2) is 5.58 Å². The lowest BCUT2D eigenvalue weighted by Gasteiger charge is -2.25. The Bertz CT molecular complexity index is 1250. The second-order valence-electron chi connectivity index (χ2n) is 8.03. The molecule has 3 heterocycles. The molecule has 5 rings (SSSR count). The summed E-state index contributed by atoms with van der Waals surface area (Å²) < 4.78 is 13.8. The zero-order valence-electron chi connectivity index (χ0n) is 17.9. The molecule has 31 heavy (non-hydrogen) atoms. The molecule has 4 aromatic rings. The quantitative estimate of drug-likeness (QED) is 0.510. The van der Waals surface area contributed by atoms with Crippen LogP contribution in [0.5, 0.6) is 0 Å². The van der Waals surface area contributed by atoms with E-state index in [-0.39, 0.29) is 5.91 Å². The molecule has 0 unspecified atom stereocenters. The van der Waals surface area contributed by atoms with Crippen molar-refractivity contribution in [3.05, 3.63) is 47.8 Å². The van der Waals surface area contributed by atoms with Gasteiger partial charge in [0, 0.05) is 36.9 Å². The van der Waals surface area contributed by atoms with E-state index in [2.05, 4.69) is 27.9 Å². The Hall–Kier alpha value is -3.19. The van der Waals surface area contributed by atoms with Crippen LogP contribution in [0.15, 0.2) is 40.8 Å². The van der Waals surface area contributed by atoms with Crippen LogP contribution in [-0.4, -0.2) is 40.2 Å². The molecule has 1 amide bonds. The summed E-state index contributed by atoms with van der Waals surface area (Å²) in [6.07, 6.45) is 2.91. The molecular formula is C24H26N4O3. The van der Waals surface area contributed by atoms with Gasteiger partial charge in [0.05, 0.1) is 11.0 Å². The molecule has 0 saturated carbocycles. The minimum atomic E-state index is -0.0937. The summed E-state index contributed by atoms with van der Waals surface area (Å²) in [5.41, 5.74) is 4.84. The van der Waals surface area contributed by atoms with E-state index in [0.717, 1.165) is 54.9 Å². The second kappa shape index (κ2) is 8.15. The summed E-state index contributed by atoms with van der Waals surface area (Å²) >= 11 is 0. The standard InChI is InChI=1S/C24H26N4O3/c1-3-10-25-23(29)16-5-7-22-20(13-16)27-24(31-22)17-4-6-21-19(14-17)26-15(2)28(21)18-8-11-30-12-9-18/h4-7,13-14,18H,3,8-12H2,1-2H3,(H,25,29). The van der Waals surface area contributed by atoms with Gasteiger partial charge < -0.3 is 19.0 Å². The van der Waals surface area contributed by atoms with Crippen LogP contribution in [0.4, 0.5) is 0 Å². The fourth-order valence-corrected chi connectivity index (χ4v) is 4.29. The zero-order valence-corrected chi connectivity index (χ0v) is 17.9. The van der Waals surface area contributed by atoms with E-state index in [1.807, 2.05) is 19.1 Å². The largest absolute Gasteiger partial charge is 0.436 e. The van der Waals surface area contributed by atoms with E-state index in [4.69, 9.17) is 14.1 Å². The van der Waals surface area contributed by atoms with Crippen molar-refractivity contribution in [1.82, 2.24) is 19.9 Å². The number of aromatic nitrogens is 3. The molecule has 7 nitrogen and oxygen atoms in total. The van der Waals surface area contributed by atoms with Crippen molar-refractivity contribution in [3.63, 3.8) is 0 Å². The number of amides is 1. The molecule has 7 heteroatoms. The topological polar surface area (TPSA) is 82.2 Å². The number of hydrogen-bond donors (Lipinski definition) is 1. The van der Waals surface area contributed by atoms with Gasteiger partial charge in [0.1, 0.15) is 11.3 Å². The van der Waals surface area contributed by atoms with E-state index < -0.39 is 0 Å². The highest BCUT2D eigenvalue weighted by molar-refractivity contribution is 5.97. The van der Waals surface area contributed by atoms with Gasteiger partial charge in [-0.25, -0.2) is 9.97 Å². The van der Waals surface area contributed by atoms with Crippen molar-refractivity contribution in [3.8, 4) is 11.5 Å². The number of hydrogen-bond acceptors (Lipinski definition) is 5. The van der Waals surface area contributed by atoms with Crippen LogP contribution >= 0.6 is 0 Å². The van der Waals surface area contributed by atoms with Crippen LogP contribution in [0.2, 0.25) is 0 Å². The Morgan fingerprint density at radius 3 is 2.77 bits per heavy atom. The molecule has 1 N–H and O–H groups in total. The van der Waals surface area contributed by atoms with Crippen LogP contribution in [0.1, 0.15) is 48.4 Å². The summed E-state index contributed by atoms with van der Waals surface area (Å²) in [4.78, 5) is 21.7. The maximum Gasteiger partial charge on any atom is 0.251 e. The summed E-state index contributed by atoms with van der Waals surface area (Å²) in [7, 11) is 0. The van der Waals surface area contributed by atoms with Gasteiger partial charge in [-0.2, -0.15) is 0 Å². The Balaban J connectivity index is 1.48. The van der Waals surface area contributed by atoms with Gasteiger partial charge in [0.25, 0.3) is 5.91 Å². The monoisotopic (exact) mass is 418 g/mol. The third-order valence-electron chi connectivity index (χ3n) is 5.85. The predicted octanol–water partition coefficient (Wildman–Crippen LogP) is 4.64. The summed E-state index contributed by atoms with van der Waals surface area (Å²) in [5.74, 6) is 1.45. The lowest BCUT2D eigenvalue weighted by molar-refractivity contribution is 0.0701. The number of fused-ring (bicyclic) bond motifs is 2. The van der Waals surface area contributed by atoms with Crippen LogP contribution < -0.4 is 5.32 Å². The average molecular weight is 418 g/mol. The van der Waals surface area contributed by atoms with Gasteiger partial charge in [0.2, 0.25) is 5.89 Å². The van der Waals surface area contributed by atoms with E-state index >= 15 is 0 Å². The van der Waals surface area contributed by atoms with E-state index in [1.165, 1.54) is 0 Å². The van der Waals surface area contributed by atoms with Crippen molar-refractivity contribution in [1.29, 1.82) is 0 Å². The predicted molar refractivity (Wildman–Crippen MR) is 119 cm³/mol. The maximum absolute atomic E-state index is 12.2. The summed E-state index contributed by atoms with van der Waals surface area (Å²) in [5, 5.41) is 2.89. The number of carbonyl (C=O) groups excluding carboxylic acids is 1. The maximum atomic E-state index is 12.2. The van der Waals surface area contributed by atoms with Crippen LogP contribution in [0.25, 0.3) is 33.6 Å². The van der Waals surface area contributed by atoms with Crippen LogP contribution in [0.3, 0.4) is 0 Å². The number of nitrogens with zero attached hydrogens (tertiary/aromatic N) is 3. The molecule has 1 aliphatic heterocycles. The second-order valence-corrected chi connectivity index (χ2v) is 8.03. The molecule has 0 spiro atoms. The first-order chi connectivity index (χ1) is 15.1.